The first-order valence-electron chi connectivity index (χ1n) is 8.15. The lowest BCUT2D eigenvalue weighted by Crippen LogP contribution is -2.37. The van der Waals surface area contributed by atoms with E-state index in [1.165, 1.54) is 18.2 Å². The number of hydrogen-bond acceptors (Lipinski definition) is 3. The number of rotatable bonds is 7. The fraction of sp³-hybridized carbons (Fsp3) is 0.200. The molecule has 6 heteroatoms. The number of hydrogen-bond donors (Lipinski definition) is 3. The molecule has 26 heavy (non-hydrogen) atoms. The second-order valence-corrected chi connectivity index (χ2v) is 5.84. The summed E-state index contributed by atoms with van der Waals surface area (Å²) in [6.45, 7) is 5.19. The molecule has 0 fully saturated rings. The number of carbonyl (C=O) groups excluding carboxylic acids is 2. The van der Waals surface area contributed by atoms with Gasteiger partial charge in [-0.3, -0.25) is 9.59 Å². The quantitative estimate of drug-likeness (QED) is 0.667. The Hall–Kier alpha value is -2.99. The van der Waals surface area contributed by atoms with Crippen LogP contribution in [-0.2, 0) is 11.3 Å². The molecule has 2 rings (SSSR count). The topological polar surface area (TPSA) is 78.4 Å². The van der Waals surface area contributed by atoms with Gasteiger partial charge in [-0.15, -0.1) is 0 Å². The van der Waals surface area contributed by atoms with Gasteiger partial charge in [-0.25, -0.2) is 4.39 Å². The molecule has 0 aromatic heterocycles. The smallest absolute Gasteiger partial charge is 0.251 e. The van der Waals surface area contributed by atoms with Crippen molar-refractivity contribution in [2.75, 3.05) is 0 Å². The monoisotopic (exact) mass is 356 g/mol. The molecule has 2 aromatic carbocycles. The minimum Gasteiger partial charge on any atom is -0.386 e. The molecule has 0 saturated carbocycles. The fourth-order valence-corrected chi connectivity index (χ4v) is 2.49. The van der Waals surface area contributed by atoms with E-state index in [1.807, 2.05) is 0 Å². The van der Waals surface area contributed by atoms with Crippen LogP contribution in [0.2, 0.25) is 0 Å². The summed E-state index contributed by atoms with van der Waals surface area (Å²) in [5.41, 5.74) is 1.40. The van der Waals surface area contributed by atoms with Gasteiger partial charge in [0, 0.05) is 12.1 Å². The largest absolute Gasteiger partial charge is 0.386 e. The van der Waals surface area contributed by atoms with Crippen molar-refractivity contribution >= 4 is 11.8 Å². The maximum absolute atomic E-state index is 13.3. The lowest BCUT2D eigenvalue weighted by atomic mass is 10.0. The Morgan fingerprint density at radius 1 is 1.23 bits per heavy atom. The molecule has 2 atom stereocenters. The van der Waals surface area contributed by atoms with Crippen molar-refractivity contribution in [3.63, 3.8) is 0 Å². The van der Waals surface area contributed by atoms with Gasteiger partial charge in [0.05, 0.1) is 12.1 Å². The fourth-order valence-electron chi connectivity index (χ4n) is 2.49. The van der Waals surface area contributed by atoms with Gasteiger partial charge in [-0.2, -0.15) is 0 Å². The first-order valence-corrected chi connectivity index (χ1v) is 8.15. The molecule has 0 heterocycles. The third-order valence-corrected chi connectivity index (χ3v) is 3.92. The van der Waals surface area contributed by atoms with Crippen LogP contribution >= 0.6 is 0 Å². The Balaban J connectivity index is 2.09. The number of carbonyl (C=O) groups is 2. The van der Waals surface area contributed by atoms with Crippen molar-refractivity contribution in [2.45, 2.75) is 25.6 Å². The first kappa shape index (κ1) is 19.3. The predicted octanol–water partition coefficient (Wildman–Crippen LogP) is 2.48. The second kappa shape index (κ2) is 8.92. The van der Waals surface area contributed by atoms with Crippen LogP contribution in [0.15, 0.2) is 61.2 Å². The van der Waals surface area contributed by atoms with Crippen molar-refractivity contribution in [1.29, 1.82) is 0 Å². The van der Waals surface area contributed by atoms with Crippen LogP contribution in [0.1, 0.15) is 34.5 Å². The van der Waals surface area contributed by atoms with E-state index < -0.39 is 23.9 Å². The average molecular weight is 356 g/mol. The molecule has 0 aliphatic rings. The molecule has 5 nitrogen and oxygen atoms in total. The third kappa shape index (κ3) is 5.00. The zero-order chi connectivity index (χ0) is 19.1. The van der Waals surface area contributed by atoms with Crippen molar-refractivity contribution in [1.82, 2.24) is 10.6 Å². The number of aliphatic hydroxyl groups is 1. The minimum atomic E-state index is -1.05. The molecule has 0 radical (unpaired) electrons. The van der Waals surface area contributed by atoms with Crippen molar-refractivity contribution in [3.05, 3.63) is 83.7 Å². The molecule has 2 amide bonds. The van der Waals surface area contributed by atoms with Crippen LogP contribution in [0.4, 0.5) is 4.39 Å². The van der Waals surface area contributed by atoms with Crippen LogP contribution in [0.25, 0.3) is 0 Å². The summed E-state index contributed by atoms with van der Waals surface area (Å²) in [4.78, 5) is 23.9. The maximum Gasteiger partial charge on any atom is 0.251 e. The second-order valence-electron chi connectivity index (χ2n) is 5.84. The van der Waals surface area contributed by atoms with E-state index in [4.69, 9.17) is 0 Å². The predicted molar refractivity (Wildman–Crippen MR) is 96.8 cm³/mol. The summed E-state index contributed by atoms with van der Waals surface area (Å²) in [5, 5.41) is 15.7. The summed E-state index contributed by atoms with van der Waals surface area (Å²) in [6.07, 6.45) is 0.0994. The van der Waals surface area contributed by atoms with Crippen LogP contribution in [0.3, 0.4) is 0 Å². The molecular formula is C20H21FN2O3. The number of benzene rings is 2. The summed E-state index contributed by atoms with van der Waals surface area (Å²) in [7, 11) is 0. The van der Waals surface area contributed by atoms with Gasteiger partial charge >= 0.3 is 0 Å². The first-order chi connectivity index (χ1) is 12.4. The molecule has 136 valence electrons. The normalized spacial score (nSPS) is 12.7. The molecule has 0 saturated heterocycles. The Morgan fingerprint density at radius 3 is 2.65 bits per heavy atom. The van der Waals surface area contributed by atoms with E-state index in [2.05, 4.69) is 17.2 Å². The number of nitrogens with one attached hydrogen (secondary N) is 2. The third-order valence-electron chi connectivity index (χ3n) is 3.92. The highest BCUT2D eigenvalue weighted by Crippen LogP contribution is 2.18. The molecular weight excluding hydrogens is 335 g/mol. The van der Waals surface area contributed by atoms with Crippen LogP contribution < -0.4 is 10.6 Å². The molecule has 0 spiro atoms. The van der Waals surface area contributed by atoms with Gasteiger partial charge in [0.2, 0.25) is 5.91 Å². The van der Waals surface area contributed by atoms with E-state index in [0.717, 1.165) is 6.08 Å². The molecule has 2 aromatic rings. The molecule has 0 bridgehead atoms. The van der Waals surface area contributed by atoms with Gasteiger partial charge in [0.15, 0.2) is 0 Å². The number of halogens is 1. The van der Waals surface area contributed by atoms with E-state index in [9.17, 15) is 19.1 Å². The van der Waals surface area contributed by atoms with Gasteiger partial charge < -0.3 is 15.7 Å². The van der Waals surface area contributed by atoms with Gasteiger partial charge in [0.25, 0.3) is 5.91 Å². The molecule has 0 aliphatic heterocycles. The lowest BCUT2D eigenvalue weighted by molar-refractivity contribution is -0.116. The molecule has 2 unspecified atom stereocenters. The Labute approximate surface area is 151 Å². The van der Waals surface area contributed by atoms with Crippen molar-refractivity contribution in [3.8, 4) is 0 Å². The Kier molecular flexibility index (Phi) is 6.63. The Morgan fingerprint density at radius 2 is 1.96 bits per heavy atom. The summed E-state index contributed by atoms with van der Waals surface area (Å²) in [6, 6.07) is 11.8. The molecule has 0 aliphatic carbocycles. The zero-order valence-corrected chi connectivity index (χ0v) is 14.4. The van der Waals surface area contributed by atoms with Crippen LogP contribution in [-0.4, -0.2) is 23.0 Å². The molecule has 3 N–H and O–H groups in total. The lowest BCUT2D eigenvalue weighted by Gasteiger charge is -2.21. The van der Waals surface area contributed by atoms with Crippen LogP contribution in [0.5, 0.6) is 0 Å². The maximum atomic E-state index is 13.3. The highest BCUT2D eigenvalue weighted by Gasteiger charge is 2.20. The van der Waals surface area contributed by atoms with Gasteiger partial charge in [0.1, 0.15) is 5.82 Å². The van der Waals surface area contributed by atoms with E-state index in [-0.39, 0.29) is 12.5 Å². The average Bonchev–Trinajstić information content (AvgIpc) is 2.65. The SMILES string of the molecule is C=CC(=O)NCc1ccccc1C(=O)NC(C)C(O)c1cccc(F)c1. The summed E-state index contributed by atoms with van der Waals surface area (Å²) < 4.78 is 13.3. The van der Waals surface area contributed by atoms with Crippen molar-refractivity contribution < 1.29 is 19.1 Å². The number of amides is 2. The van der Waals surface area contributed by atoms with E-state index in [0.29, 0.717) is 16.7 Å². The van der Waals surface area contributed by atoms with Crippen LogP contribution in [0, 0.1) is 5.82 Å². The van der Waals surface area contributed by atoms with E-state index >= 15 is 0 Å². The van der Waals surface area contributed by atoms with Gasteiger partial charge in [-0.05, 0) is 42.3 Å². The summed E-state index contributed by atoms with van der Waals surface area (Å²) in [5.74, 6) is -1.19. The Bertz CT molecular complexity index is 807. The number of aliphatic hydroxyl groups excluding tert-OH is 1. The minimum absolute atomic E-state index is 0.176. The van der Waals surface area contributed by atoms with Gasteiger partial charge in [-0.1, -0.05) is 36.9 Å². The standard InChI is InChI=1S/C20H21FN2O3/c1-3-18(24)22-12-15-7-4-5-10-17(15)20(26)23-13(2)19(25)14-8-6-9-16(21)11-14/h3-11,13,19,25H,1,12H2,2H3,(H,22,24)(H,23,26). The van der Waals surface area contributed by atoms with Crippen molar-refractivity contribution in [2.24, 2.45) is 0 Å². The highest BCUT2D eigenvalue weighted by atomic mass is 19.1. The summed E-state index contributed by atoms with van der Waals surface area (Å²) >= 11 is 0. The van der Waals surface area contributed by atoms with E-state index in [1.54, 1.807) is 37.3 Å². The zero-order valence-electron chi connectivity index (χ0n) is 14.4. The highest BCUT2D eigenvalue weighted by molar-refractivity contribution is 5.96.